The van der Waals surface area contributed by atoms with Crippen molar-refractivity contribution < 1.29 is 19.1 Å². The van der Waals surface area contributed by atoms with Crippen molar-refractivity contribution >= 4 is 53.9 Å². The van der Waals surface area contributed by atoms with Gasteiger partial charge in [0.2, 0.25) is 5.91 Å². The Bertz CT molecular complexity index is 4270. The SMILES string of the molecule is CC1CNC(=O)NC1=O.CCOC(=O)c1c[nH]c(=S)[nH]c1=O.CCc1c[nH]c(=O)[nH]c1=O.Cc1n[nH]c(=O)[nH]c1=O.N#Cc1c[nH]c(=O)[nH]c1=O.O=c1[nH]cc(Cl)c(=O)[nH]1.O=c1cc(Cc2ccccc2)[nH]c(=S)[nH]1.O=c1cn[nH]c(=O)[nH]1. The van der Waals surface area contributed by atoms with E-state index in [0.717, 1.165) is 29.8 Å². The quantitative estimate of drug-likeness (QED) is 0.0631. The molecule has 16 N–H and O–H groups in total. The molecule has 9 rings (SSSR count). The Morgan fingerprint density at radius 3 is 1.76 bits per heavy atom. The van der Waals surface area contributed by atoms with E-state index in [-0.39, 0.29) is 56.2 Å². The average molecular weight is 1210 g/mol. The predicted molar refractivity (Wildman–Crippen MR) is 298 cm³/mol. The molecule has 438 valence electrons. The zero-order chi connectivity index (χ0) is 62.2. The molecule has 1 saturated heterocycles. The molecule has 0 radical (unpaired) electrons. The Balaban J connectivity index is 0.000000327. The average Bonchev–Trinajstić information content (AvgIpc) is 3.45. The van der Waals surface area contributed by atoms with Crippen molar-refractivity contribution in [3.8, 4) is 6.07 Å². The fourth-order valence-electron chi connectivity index (χ4n) is 5.13. The van der Waals surface area contributed by atoms with Crippen molar-refractivity contribution in [1.29, 1.82) is 5.26 Å². The number of aromatic nitrogens is 16. The number of carbonyl (C=O) groups excluding carboxylic acids is 3. The van der Waals surface area contributed by atoms with Crippen molar-refractivity contribution in [2.45, 2.75) is 40.5 Å². The number of hydrogen-bond donors (Lipinski definition) is 16. The van der Waals surface area contributed by atoms with Crippen LogP contribution in [0.1, 0.15) is 59.2 Å². The Morgan fingerprint density at radius 2 is 1.28 bits per heavy atom. The third-order valence-corrected chi connectivity index (χ3v) is 9.78. The van der Waals surface area contributed by atoms with Crippen LogP contribution >= 0.6 is 36.0 Å². The summed E-state index contributed by atoms with van der Waals surface area (Å²) >= 11 is 14.8. The van der Waals surface area contributed by atoms with Crippen molar-refractivity contribution in [3.63, 3.8) is 0 Å². The number of benzene rings is 1. The molecule has 7 aromatic heterocycles. The topological polar surface area (TPSA) is 560 Å². The normalized spacial score (nSPS) is 11.4. The minimum absolute atomic E-state index is 0.0189. The Labute approximate surface area is 473 Å². The van der Waals surface area contributed by atoms with Crippen LogP contribution in [-0.2, 0) is 22.4 Å². The number of nitrogens with zero attached hydrogens (tertiary/aromatic N) is 3. The highest BCUT2D eigenvalue weighted by Gasteiger charge is 2.21. The fraction of sp³-hybridized carbons (Fsp3) is 0.200. The highest BCUT2D eigenvalue weighted by atomic mass is 35.5. The Morgan fingerprint density at radius 1 is 0.675 bits per heavy atom. The summed E-state index contributed by atoms with van der Waals surface area (Å²) in [5.74, 6) is -0.948. The Kier molecular flexibility index (Phi) is 29.0. The van der Waals surface area contributed by atoms with Gasteiger partial charge < -0.3 is 35.0 Å². The lowest BCUT2D eigenvalue weighted by Gasteiger charge is -2.17. The molecule has 0 spiro atoms. The minimum Gasteiger partial charge on any atom is -0.462 e. The lowest BCUT2D eigenvalue weighted by atomic mass is 10.1. The maximum Gasteiger partial charge on any atom is 0.345 e. The molecule has 3 amide bonds. The Hall–Kier alpha value is -11.1. The molecule has 35 nitrogen and oxygen atoms in total. The molecular formula is C45H48ClN19O16S2. The van der Waals surface area contributed by atoms with E-state index < -0.39 is 68.2 Å². The van der Waals surface area contributed by atoms with Gasteiger partial charge in [-0.15, -0.1) is 0 Å². The number of ether oxygens (including phenoxy) is 1. The number of esters is 1. The van der Waals surface area contributed by atoms with E-state index in [4.69, 9.17) is 29.1 Å². The third-order valence-electron chi connectivity index (χ3n) is 9.08. The van der Waals surface area contributed by atoms with Gasteiger partial charge in [-0.3, -0.25) is 78.6 Å². The number of rotatable bonds is 5. The standard InChI is InChI=1S/C11H10N2OS.C7H8N2O3S.C6H8N2O2.C5H3N3O2.C5H8N2O2.C4H3ClN2O2.C4H5N3O2.C3H3N3O2/c14-10-7-9(12-11(15)13-10)6-8-4-2-1-3-5-8;1-2-12-6(11)4-3-8-7(13)9-5(4)10;1-2-4-3-7-6(10)8-5(4)9;6-1-3-2-7-5(10)8-4(3)9;1-3-2-6-5(9)7-4(3)8;5-2-1-6-4(9)7-3(2)8;1-2-3(8)5-4(9)7-6-2;7-2-1-4-6-3(8)5-2/h1-5,7H,6H2,(H2,12,13,14,15);3H,2H2,1H3,(H2,8,9,10,13);3H,2H2,1H3,(H2,7,8,9,10);2H,(H2,7,8,9,10);3H,2H2,1H3,(H2,6,7,8,9);1H,(H2,6,7,8,9);1H3,(H2,5,7,8,9);1H,(H2,5,6,7,8). The first-order valence-corrected chi connectivity index (χ1v) is 24.2. The summed E-state index contributed by atoms with van der Waals surface area (Å²) in [6, 6.07) is 12.7. The molecule has 38 heteroatoms. The van der Waals surface area contributed by atoms with E-state index in [9.17, 15) is 71.9 Å². The number of urea groups is 1. The van der Waals surface area contributed by atoms with Crippen LogP contribution in [0.3, 0.4) is 0 Å². The van der Waals surface area contributed by atoms with Crippen molar-refractivity contribution in [2.75, 3.05) is 13.2 Å². The smallest absolute Gasteiger partial charge is 0.345 e. The molecule has 8 aromatic rings. The van der Waals surface area contributed by atoms with E-state index in [2.05, 4.69) is 82.8 Å². The molecule has 0 bridgehead atoms. The second-order valence-electron chi connectivity index (χ2n) is 15.3. The van der Waals surface area contributed by atoms with Crippen LogP contribution in [0, 0.1) is 33.7 Å². The zero-order valence-electron chi connectivity index (χ0n) is 43.3. The first-order chi connectivity index (χ1) is 39.2. The molecular weight excluding hydrogens is 1160 g/mol. The highest BCUT2D eigenvalue weighted by Crippen LogP contribution is 2.04. The van der Waals surface area contributed by atoms with Gasteiger partial charge in [-0.05, 0) is 50.3 Å². The van der Waals surface area contributed by atoms with Crippen molar-refractivity contribution in [2.24, 2.45) is 5.92 Å². The van der Waals surface area contributed by atoms with E-state index in [1.54, 1.807) is 19.9 Å². The molecule has 1 aliphatic heterocycles. The number of nitriles is 1. The van der Waals surface area contributed by atoms with Gasteiger partial charge in [0, 0.05) is 55.1 Å². The zero-order valence-corrected chi connectivity index (χ0v) is 45.7. The first kappa shape index (κ1) is 68.0. The minimum atomic E-state index is -0.661. The van der Waals surface area contributed by atoms with Crippen LogP contribution in [0.25, 0.3) is 0 Å². The summed E-state index contributed by atoms with van der Waals surface area (Å²) in [5.41, 5.74) is -3.29. The number of H-pyrrole nitrogens is 14. The van der Waals surface area contributed by atoms with Gasteiger partial charge >= 0.3 is 40.4 Å². The number of aryl methyl sites for hydroxylation is 2. The van der Waals surface area contributed by atoms with Crippen LogP contribution in [-0.4, -0.2) is 111 Å². The van der Waals surface area contributed by atoms with Crippen molar-refractivity contribution in [1.82, 2.24) is 90.8 Å². The van der Waals surface area contributed by atoms with Gasteiger partial charge in [0.1, 0.15) is 34.1 Å². The van der Waals surface area contributed by atoms with E-state index in [0.29, 0.717) is 29.7 Å². The summed E-state index contributed by atoms with van der Waals surface area (Å²) in [7, 11) is 0. The van der Waals surface area contributed by atoms with Gasteiger partial charge in [-0.1, -0.05) is 55.8 Å². The molecule has 1 aliphatic rings. The van der Waals surface area contributed by atoms with Gasteiger partial charge in [0.25, 0.3) is 38.9 Å². The molecule has 1 unspecified atom stereocenters. The molecule has 1 fully saturated rings. The molecule has 0 saturated carbocycles. The van der Waals surface area contributed by atoms with Crippen LogP contribution in [0.5, 0.6) is 0 Å². The number of carbonyl (C=O) groups is 3. The fourth-order valence-corrected chi connectivity index (χ4v) is 5.62. The summed E-state index contributed by atoms with van der Waals surface area (Å²) < 4.78 is 5.18. The number of hydrogen-bond acceptors (Lipinski definition) is 21. The van der Waals surface area contributed by atoms with Crippen LogP contribution < -0.4 is 78.0 Å². The molecule has 0 aliphatic carbocycles. The molecule has 8 heterocycles. The van der Waals surface area contributed by atoms with Crippen LogP contribution in [0.15, 0.2) is 125 Å². The number of nitrogens with one attached hydrogen (secondary N) is 16. The third kappa shape index (κ3) is 26.9. The van der Waals surface area contributed by atoms with Crippen LogP contribution in [0.4, 0.5) is 4.79 Å². The summed E-state index contributed by atoms with van der Waals surface area (Å²) in [6.07, 6.45) is 7.19. The van der Waals surface area contributed by atoms with Gasteiger partial charge in [-0.25, -0.2) is 43.8 Å². The number of imide groups is 1. The van der Waals surface area contributed by atoms with E-state index in [1.165, 1.54) is 25.4 Å². The maximum atomic E-state index is 11.2. The second kappa shape index (κ2) is 35.4. The van der Waals surface area contributed by atoms with Crippen LogP contribution in [0.2, 0.25) is 5.02 Å². The van der Waals surface area contributed by atoms with E-state index in [1.807, 2.05) is 62.3 Å². The predicted octanol–water partition coefficient (Wildman–Crippen LogP) is -2.40. The maximum absolute atomic E-state index is 11.2. The van der Waals surface area contributed by atoms with E-state index >= 15 is 0 Å². The van der Waals surface area contributed by atoms with Gasteiger partial charge in [0.15, 0.2) is 9.54 Å². The number of aromatic amines is 14. The monoisotopic (exact) mass is 1210 g/mol. The largest absolute Gasteiger partial charge is 0.462 e. The molecule has 1 atom stereocenters. The summed E-state index contributed by atoms with van der Waals surface area (Å²) in [6.45, 7) is 7.46. The lowest BCUT2D eigenvalue weighted by molar-refractivity contribution is -0.123. The first-order valence-electron chi connectivity index (χ1n) is 23.0. The van der Waals surface area contributed by atoms with Crippen molar-refractivity contribution in [3.05, 3.63) is 240 Å². The second-order valence-corrected chi connectivity index (χ2v) is 16.6. The number of halogens is 1. The van der Waals surface area contributed by atoms with Gasteiger partial charge in [0.05, 0.1) is 12.5 Å². The molecule has 83 heavy (non-hydrogen) atoms. The lowest BCUT2D eigenvalue weighted by Crippen LogP contribution is -2.51. The summed E-state index contributed by atoms with van der Waals surface area (Å²) in [4.78, 5) is 185. The molecule has 1 aromatic carbocycles. The number of amides is 3. The summed E-state index contributed by atoms with van der Waals surface area (Å²) in [5, 5.41) is 23.5. The van der Waals surface area contributed by atoms with Gasteiger partial charge in [-0.2, -0.15) is 15.5 Å². The highest BCUT2D eigenvalue weighted by molar-refractivity contribution is 7.71.